The Balaban J connectivity index is 1.34. The first-order valence-corrected chi connectivity index (χ1v) is 10.1. The van der Waals surface area contributed by atoms with Crippen LogP contribution in [0, 0.1) is 6.92 Å². The second-order valence-electron chi connectivity index (χ2n) is 7.65. The number of urea groups is 1. The number of nitrogens with zero attached hydrogens (tertiary/aromatic N) is 1. The van der Waals surface area contributed by atoms with Crippen LogP contribution in [-0.2, 0) is 11.3 Å². The minimum atomic E-state index is -0.294. The summed E-state index contributed by atoms with van der Waals surface area (Å²) in [5.74, 6) is 1.10. The van der Waals surface area contributed by atoms with Crippen LogP contribution in [0.1, 0.15) is 17.7 Å². The van der Waals surface area contributed by atoms with E-state index in [1.54, 1.807) is 37.3 Å². The minimum Gasteiger partial charge on any atom is -0.493 e. The van der Waals surface area contributed by atoms with Crippen molar-refractivity contribution in [3.63, 3.8) is 0 Å². The second-order valence-corrected chi connectivity index (χ2v) is 7.65. The highest BCUT2D eigenvalue weighted by Gasteiger charge is 2.32. The number of H-pyrrole nitrogens is 1. The van der Waals surface area contributed by atoms with Crippen LogP contribution in [0.4, 0.5) is 10.5 Å². The Bertz CT molecular complexity index is 1120. The number of aromatic amines is 1. The summed E-state index contributed by atoms with van der Waals surface area (Å²) in [5, 5.41) is 6.89. The Hall–Kier alpha value is -3.68. The summed E-state index contributed by atoms with van der Waals surface area (Å²) in [6.07, 6.45) is 0.246. The van der Waals surface area contributed by atoms with E-state index in [0.29, 0.717) is 30.3 Å². The van der Waals surface area contributed by atoms with Crippen LogP contribution in [0.5, 0.6) is 11.5 Å². The smallest absolute Gasteiger partial charge is 0.315 e. The molecule has 1 aliphatic rings. The van der Waals surface area contributed by atoms with Crippen molar-refractivity contribution in [3.05, 3.63) is 53.7 Å². The van der Waals surface area contributed by atoms with E-state index in [2.05, 4.69) is 27.8 Å². The summed E-state index contributed by atoms with van der Waals surface area (Å²) in [7, 11) is 3.12. The molecule has 0 bridgehead atoms. The lowest BCUT2D eigenvalue weighted by Gasteiger charge is -2.19. The van der Waals surface area contributed by atoms with Gasteiger partial charge >= 0.3 is 6.03 Å². The zero-order chi connectivity index (χ0) is 22.0. The molecule has 0 saturated carbocycles. The molecule has 3 aromatic rings. The van der Waals surface area contributed by atoms with E-state index < -0.39 is 0 Å². The molecule has 31 heavy (non-hydrogen) atoms. The number of aryl methyl sites for hydroxylation is 1. The fourth-order valence-electron chi connectivity index (χ4n) is 3.90. The number of hydrogen-bond donors (Lipinski definition) is 3. The van der Waals surface area contributed by atoms with Crippen molar-refractivity contribution >= 4 is 28.5 Å². The Morgan fingerprint density at radius 3 is 2.71 bits per heavy atom. The molecule has 3 amide bonds. The largest absolute Gasteiger partial charge is 0.493 e. The molecule has 1 saturated heterocycles. The summed E-state index contributed by atoms with van der Waals surface area (Å²) in [4.78, 5) is 29.8. The highest BCUT2D eigenvalue weighted by atomic mass is 16.5. The number of hydrogen-bond acceptors (Lipinski definition) is 4. The van der Waals surface area contributed by atoms with Gasteiger partial charge in [-0.2, -0.15) is 0 Å². The summed E-state index contributed by atoms with van der Waals surface area (Å²) < 4.78 is 10.6. The van der Waals surface area contributed by atoms with Gasteiger partial charge < -0.3 is 30.0 Å². The van der Waals surface area contributed by atoms with Crippen LogP contribution in [0.2, 0.25) is 0 Å². The molecule has 1 atom stereocenters. The monoisotopic (exact) mass is 422 g/mol. The Kier molecular flexibility index (Phi) is 5.70. The van der Waals surface area contributed by atoms with Gasteiger partial charge in [0.25, 0.3) is 0 Å². The van der Waals surface area contributed by atoms with Crippen LogP contribution in [-0.4, -0.2) is 43.7 Å². The lowest BCUT2D eigenvalue weighted by molar-refractivity contribution is -0.117. The van der Waals surface area contributed by atoms with Gasteiger partial charge in [-0.1, -0.05) is 6.07 Å². The van der Waals surface area contributed by atoms with Gasteiger partial charge in [-0.3, -0.25) is 4.79 Å². The number of aromatic nitrogens is 1. The first kappa shape index (κ1) is 20.6. The third-order valence-corrected chi connectivity index (χ3v) is 5.41. The predicted octanol–water partition coefficient (Wildman–Crippen LogP) is 3.10. The quantitative estimate of drug-likeness (QED) is 0.569. The van der Waals surface area contributed by atoms with Gasteiger partial charge in [0, 0.05) is 42.5 Å². The number of benzene rings is 2. The van der Waals surface area contributed by atoms with Crippen molar-refractivity contribution in [2.75, 3.05) is 25.7 Å². The van der Waals surface area contributed by atoms with E-state index in [1.807, 2.05) is 19.1 Å². The van der Waals surface area contributed by atoms with Gasteiger partial charge in [-0.25, -0.2) is 4.79 Å². The van der Waals surface area contributed by atoms with E-state index in [1.165, 1.54) is 0 Å². The molecule has 0 spiro atoms. The molecule has 0 aliphatic carbocycles. The maximum absolute atomic E-state index is 12.5. The third kappa shape index (κ3) is 4.42. The van der Waals surface area contributed by atoms with Crippen molar-refractivity contribution in [1.82, 2.24) is 15.6 Å². The average Bonchev–Trinajstić information content (AvgIpc) is 3.32. The van der Waals surface area contributed by atoms with Crippen molar-refractivity contribution in [1.29, 1.82) is 0 Å². The summed E-state index contributed by atoms with van der Waals surface area (Å²) in [5.41, 5.74) is 3.90. The second kappa shape index (κ2) is 8.59. The molecule has 8 nitrogen and oxygen atoms in total. The number of carbonyl (C=O) groups excluding carboxylic acids is 2. The SMILES string of the molecule is COc1ccc(N2C[C@H](NC(=O)NCc3ccc4[nH]c(C)cc4c3)CC2=O)cc1OC. The van der Waals surface area contributed by atoms with Gasteiger partial charge in [-0.15, -0.1) is 0 Å². The molecule has 2 heterocycles. The highest BCUT2D eigenvalue weighted by Crippen LogP contribution is 2.33. The minimum absolute atomic E-state index is 0.0502. The molecule has 2 aromatic carbocycles. The molecule has 3 N–H and O–H groups in total. The van der Waals surface area contributed by atoms with Crippen molar-refractivity contribution in [2.24, 2.45) is 0 Å². The summed E-state index contributed by atoms with van der Waals surface area (Å²) in [6.45, 7) is 2.82. The zero-order valence-electron chi connectivity index (χ0n) is 17.8. The predicted molar refractivity (Wildman–Crippen MR) is 119 cm³/mol. The van der Waals surface area contributed by atoms with Crippen LogP contribution >= 0.6 is 0 Å². The molecular weight excluding hydrogens is 396 g/mol. The fraction of sp³-hybridized carbons (Fsp3) is 0.304. The van der Waals surface area contributed by atoms with Crippen LogP contribution in [0.3, 0.4) is 0 Å². The lowest BCUT2D eigenvalue weighted by Crippen LogP contribution is -2.43. The molecule has 1 fully saturated rings. The van der Waals surface area contributed by atoms with Crippen LogP contribution < -0.4 is 25.0 Å². The Labute approximate surface area is 180 Å². The normalized spacial score (nSPS) is 15.9. The molecule has 1 aromatic heterocycles. The van der Waals surface area contributed by atoms with Gasteiger partial charge in [-0.05, 0) is 48.2 Å². The maximum atomic E-state index is 12.5. The molecule has 8 heteroatoms. The van der Waals surface area contributed by atoms with Crippen LogP contribution in [0.15, 0.2) is 42.5 Å². The van der Waals surface area contributed by atoms with Gasteiger partial charge in [0.05, 0.1) is 20.3 Å². The molecular formula is C23H26N4O4. The fourth-order valence-corrected chi connectivity index (χ4v) is 3.90. The van der Waals surface area contributed by atoms with Crippen molar-refractivity contribution in [3.8, 4) is 11.5 Å². The molecule has 1 aliphatic heterocycles. The third-order valence-electron chi connectivity index (χ3n) is 5.41. The number of nitrogens with one attached hydrogen (secondary N) is 3. The summed E-state index contributed by atoms with van der Waals surface area (Å²) >= 11 is 0. The van der Waals surface area contributed by atoms with E-state index in [0.717, 1.165) is 22.2 Å². The number of methoxy groups -OCH3 is 2. The van der Waals surface area contributed by atoms with E-state index >= 15 is 0 Å². The van der Waals surface area contributed by atoms with Crippen molar-refractivity contribution < 1.29 is 19.1 Å². The van der Waals surface area contributed by atoms with Gasteiger partial charge in [0.15, 0.2) is 11.5 Å². The van der Waals surface area contributed by atoms with Gasteiger partial charge in [0.2, 0.25) is 5.91 Å². The van der Waals surface area contributed by atoms with E-state index in [9.17, 15) is 9.59 Å². The van der Waals surface area contributed by atoms with E-state index in [4.69, 9.17) is 9.47 Å². The molecule has 0 radical (unpaired) electrons. The maximum Gasteiger partial charge on any atom is 0.315 e. The Morgan fingerprint density at radius 1 is 1.13 bits per heavy atom. The van der Waals surface area contributed by atoms with Crippen LogP contribution in [0.25, 0.3) is 10.9 Å². The topological polar surface area (TPSA) is 95.7 Å². The average molecular weight is 422 g/mol. The first-order chi connectivity index (χ1) is 15.0. The molecule has 4 rings (SSSR count). The zero-order valence-corrected chi connectivity index (χ0v) is 17.8. The number of anilines is 1. The number of amides is 3. The first-order valence-electron chi connectivity index (χ1n) is 10.1. The van der Waals surface area contributed by atoms with E-state index in [-0.39, 0.29) is 24.4 Å². The van der Waals surface area contributed by atoms with Crippen molar-refractivity contribution in [2.45, 2.75) is 25.9 Å². The summed E-state index contributed by atoms with van der Waals surface area (Å²) in [6, 6.07) is 12.9. The Morgan fingerprint density at radius 2 is 1.94 bits per heavy atom. The molecule has 0 unspecified atom stereocenters. The lowest BCUT2D eigenvalue weighted by atomic mass is 10.1. The van der Waals surface area contributed by atoms with Gasteiger partial charge in [0.1, 0.15) is 0 Å². The number of carbonyl (C=O) groups is 2. The number of ether oxygens (including phenoxy) is 2. The number of rotatable bonds is 6. The number of fused-ring (bicyclic) bond motifs is 1. The standard InChI is InChI=1S/C23H26N4O4/c1-14-8-16-9-15(4-6-19(16)25-14)12-24-23(29)26-17-10-22(28)27(13-17)18-5-7-20(30-2)21(11-18)31-3/h4-9,11,17,25H,10,12-13H2,1-3H3,(H2,24,26,29)/t17-/m1/s1. The highest BCUT2D eigenvalue weighted by molar-refractivity contribution is 5.97. The molecule has 162 valence electrons.